The molecule has 1 atom stereocenters. The monoisotopic (exact) mass is 388 g/mol. The van der Waals surface area contributed by atoms with Crippen LogP contribution < -0.4 is 10.7 Å². The van der Waals surface area contributed by atoms with E-state index in [9.17, 15) is 9.59 Å². The summed E-state index contributed by atoms with van der Waals surface area (Å²) in [4.78, 5) is 28.3. The van der Waals surface area contributed by atoms with Gasteiger partial charge in [-0.05, 0) is 36.8 Å². The summed E-state index contributed by atoms with van der Waals surface area (Å²) in [6.07, 6.45) is 4.67. The molecule has 29 heavy (non-hydrogen) atoms. The molecule has 1 amide bonds. The van der Waals surface area contributed by atoms with Crippen LogP contribution in [0.5, 0.6) is 0 Å². The topological polar surface area (TPSA) is 94.7 Å². The molecule has 0 bridgehead atoms. The fourth-order valence-corrected chi connectivity index (χ4v) is 3.20. The normalized spacial score (nSPS) is 12.0. The summed E-state index contributed by atoms with van der Waals surface area (Å²) >= 11 is 0. The van der Waals surface area contributed by atoms with E-state index < -0.39 is 0 Å². The van der Waals surface area contributed by atoms with Crippen LogP contribution in [0.2, 0.25) is 0 Å². The van der Waals surface area contributed by atoms with Gasteiger partial charge in [0.25, 0.3) is 0 Å². The zero-order valence-electron chi connectivity index (χ0n) is 15.9. The third kappa shape index (κ3) is 4.06. The number of carbonyl (C=O) groups is 1. The van der Waals surface area contributed by atoms with Crippen molar-refractivity contribution in [3.8, 4) is 5.69 Å². The average molecular weight is 388 g/mol. The molecule has 2 aromatic carbocycles. The second-order valence-electron chi connectivity index (χ2n) is 6.72. The van der Waals surface area contributed by atoms with E-state index in [4.69, 9.17) is 0 Å². The van der Waals surface area contributed by atoms with Crippen LogP contribution in [0.1, 0.15) is 24.9 Å². The first-order valence-corrected chi connectivity index (χ1v) is 9.31. The van der Waals surface area contributed by atoms with Crippen molar-refractivity contribution in [3.63, 3.8) is 0 Å². The molecule has 0 unspecified atom stereocenters. The molecule has 2 aromatic heterocycles. The van der Waals surface area contributed by atoms with E-state index in [2.05, 4.69) is 20.5 Å². The molecule has 4 aromatic rings. The van der Waals surface area contributed by atoms with Crippen LogP contribution in [-0.2, 0) is 11.3 Å². The van der Waals surface area contributed by atoms with Crippen molar-refractivity contribution in [3.05, 3.63) is 83.2 Å². The number of nitrogens with one attached hydrogen (secondary N) is 1. The number of rotatable bonds is 6. The summed E-state index contributed by atoms with van der Waals surface area (Å²) in [7, 11) is 0. The fourth-order valence-electron chi connectivity index (χ4n) is 3.20. The van der Waals surface area contributed by atoms with E-state index in [1.165, 1.54) is 12.5 Å². The molecule has 0 saturated carbocycles. The molecule has 0 fully saturated rings. The highest BCUT2D eigenvalue weighted by Gasteiger charge is 2.11. The van der Waals surface area contributed by atoms with Crippen molar-refractivity contribution in [1.82, 2.24) is 29.9 Å². The second kappa shape index (κ2) is 8.05. The van der Waals surface area contributed by atoms with Crippen molar-refractivity contribution in [2.45, 2.75) is 25.9 Å². The third-order valence-corrected chi connectivity index (χ3v) is 4.77. The SMILES string of the molecule is C[C@@H](NC(=O)CCn1ncc(=O)c2ccccc21)c1ccc(-n2cncn2)cc1. The van der Waals surface area contributed by atoms with E-state index in [0.29, 0.717) is 11.9 Å². The van der Waals surface area contributed by atoms with Gasteiger partial charge in [0.1, 0.15) is 12.7 Å². The lowest BCUT2D eigenvalue weighted by molar-refractivity contribution is -0.122. The van der Waals surface area contributed by atoms with Crippen LogP contribution in [-0.4, -0.2) is 30.5 Å². The smallest absolute Gasteiger partial charge is 0.222 e. The lowest BCUT2D eigenvalue weighted by Gasteiger charge is -2.15. The Morgan fingerprint density at radius 3 is 2.66 bits per heavy atom. The minimum atomic E-state index is -0.133. The number of aromatic nitrogens is 5. The number of fused-ring (bicyclic) bond motifs is 1. The molecule has 8 heteroatoms. The number of benzene rings is 2. The van der Waals surface area contributed by atoms with Crippen molar-refractivity contribution in [2.24, 2.45) is 0 Å². The first-order chi connectivity index (χ1) is 14.1. The molecule has 146 valence electrons. The Labute approximate surface area is 166 Å². The molecule has 0 aliphatic carbocycles. The van der Waals surface area contributed by atoms with Crippen molar-refractivity contribution >= 4 is 16.8 Å². The van der Waals surface area contributed by atoms with Gasteiger partial charge in [0, 0.05) is 11.8 Å². The van der Waals surface area contributed by atoms with Crippen LogP contribution in [0.15, 0.2) is 72.2 Å². The average Bonchev–Trinajstić information content (AvgIpc) is 3.28. The van der Waals surface area contributed by atoms with Crippen molar-refractivity contribution in [1.29, 1.82) is 0 Å². The van der Waals surface area contributed by atoms with Gasteiger partial charge in [-0.2, -0.15) is 10.2 Å². The lowest BCUT2D eigenvalue weighted by Crippen LogP contribution is -2.28. The van der Waals surface area contributed by atoms with Crippen LogP contribution in [0.3, 0.4) is 0 Å². The van der Waals surface area contributed by atoms with E-state index >= 15 is 0 Å². The van der Waals surface area contributed by atoms with E-state index in [-0.39, 0.29) is 23.8 Å². The van der Waals surface area contributed by atoms with Crippen molar-refractivity contribution in [2.75, 3.05) is 0 Å². The maximum atomic E-state index is 12.4. The second-order valence-corrected chi connectivity index (χ2v) is 6.72. The summed E-state index contributed by atoms with van der Waals surface area (Å²) in [5, 5.41) is 11.9. The molecule has 0 aliphatic heterocycles. The highest BCUT2D eigenvalue weighted by Crippen LogP contribution is 2.15. The van der Waals surface area contributed by atoms with Gasteiger partial charge in [-0.1, -0.05) is 24.3 Å². The van der Waals surface area contributed by atoms with Crippen LogP contribution in [0.25, 0.3) is 16.6 Å². The molecule has 2 heterocycles. The van der Waals surface area contributed by atoms with Gasteiger partial charge in [0.2, 0.25) is 11.3 Å². The standard InChI is InChI=1S/C21H20N6O2/c1-15(16-6-8-17(9-7-16)27-14-22-13-24-27)25-21(29)10-11-26-19-5-3-2-4-18(19)20(28)12-23-26/h2-9,12-15H,10-11H2,1H3,(H,25,29)/t15-/m1/s1. The summed E-state index contributed by atoms with van der Waals surface area (Å²) in [6, 6.07) is 14.9. The fraction of sp³-hybridized carbons (Fsp3) is 0.190. The van der Waals surface area contributed by atoms with Gasteiger partial charge >= 0.3 is 0 Å². The molecular formula is C21H20N6O2. The Morgan fingerprint density at radius 2 is 1.90 bits per heavy atom. The van der Waals surface area contributed by atoms with Crippen molar-refractivity contribution < 1.29 is 4.79 Å². The van der Waals surface area contributed by atoms with Gasteiger partial charge < -0.3 is 5.32 Å². The minimum absolute atomic E-state index is 0.0811. The number of nitrogens with zero attached hydrogens (tertiary/aromatic N) is 5. The first kappa shape index (κ1) is 18.5. The van der Waals surface area contributed by atoms with Crippen LogP contribution in [0, 0.1) is 0 Å². The highest BCUT2D eigenvalue weighted by molar-refractivity contribution is 5.79. The number of para-hydroxylation sites is 1. The molecule has 8 nitrogen and oxygen atoms in total. The molecule has 0 aliphatic rings. The molecule has 0 radical (unpaired) electrons. The molecule has 4 rings (SSSR count). The zero-order valence-corrected chi connectivity index (χ0v) is 15.9. The van der Waals surface area contributed by atoms with Gasteiger partial charge in [0.15, 0.2) is 0 Å². The Balaban J connectivity index is 1.39. The van der Waals surface area contributed by atoms with E-state index in [1.807, 2.05) is 49.4 Å². The van der Waals surface area contributed by atoms with Crippen LogP contribution in [0.4, 0.5) is 0 Å². The molecule has 0 saturated heterocycles. The number of hydrogen-bond acceptors (Lipinski definition) is 5. The number of hydrogen-bond donors (Lipinski definition) is 1. The van der Waals surface area contributed by atoms with E-state index in [1.54, 1.807) is 21.8 Å². The maximum Gasteiger partial charge on any atom is 0.222 e. The number of aryl methyl sites for hydroxylation is 1. The first-order valence-electron chi connectivity index (χ1n) is 9.31. The van der Waals surface area contributed by atoms with Gasteiger partial charge in [-0.25, -0.2) is 9.67 Å². The molecular weight excluding hydrogens is 368 g/mol. The summed E-state index contributed by atoms with van der Waals surface area (Å²) in [5.41, 5.74) is 2.50. The quantitative estimate of drug-likeness (QED) is 0.547. The highest BCUT2D eigenvalue weighted by atomic mass is 16.1. The Bertz CT molecular complexity index is 1180. The van der Waals surface area contributed by atoms with Gasteiger partial charge in [-0.15, -0.1) is 0 Å². The Hall–Kier alpha value is -3.81. The number of amides is 1. The lowest BCUT2D eigenvalue weighted by atomic mass is 10.1. The van der Waals surface area contributed by atoms with E-state index in [0.717, 1.165) is 16.8 Å². The predicted molar refractivity (Wildman–Crippen MR) is 109 cm³/mol. The number of carbonyl (C=O) groups excluding carboxylic acids is 1. The summed E-state index contributed by atoms with van der Waals surface area (Å²) in [6.45, 7) is 2.33. The van der Waals surface area contributed by atoms with Gasteiger partial charge in [0.05, 0.1) is 30.0 Å². The van der Waals surface area contributed by atoms with Gasteiger partial charge in [-0.3, -0.25) is 14.3 Å². The largest absolute Gasteiger partial charge is 0.350 e. The summed E-state index contributed by atoms with van der Waals surface area (Å²) < 4.78 is 3.36. The third-order valence-electron chi connectivity index (χ3n) is 4.77. The zero-order chi connectivity index (χ0) is 20.2. The minimum Gasteiger partial charge on any atom is -0.350 e. The maximum absolute atomic E-state index is 12.4. The van der Waals surface area contributed by atoms with Crippen LogP contribution >= 0.6 is 0 Å². The Kier molecular flexibility index (Phi) is 5.15. The Morgan fingerprint density at radius 1 is 1.10 bits per heavy atom. The predicted octanol–water partition coefficient (Wildman–Crippen LogP) is 2.24. The molecule has 0 spiro atoms. The molecule has 1 N–H and O–H groups in total. The summed E-state index contributed by atoms with van der Waals surface area (Å²) in [5.74, 6) is -0.0811.